The first-order valence-electron chi connectivity index (χ1n) is 8.27. The predicted molar refractivity (Wildman–Crippen MR) is 95.7 cm³/mol. The Morgan fingerprint density at radius 1 is 0.962 bits per heavy atom. The molecule has 0 bridgehead atoms. The van der Waals surface area contributed by atoms with Gasteiger partial charge in [-0.3, -0.25) is 9.59 Å². The zero-order valence-electron chi connectivity index (χ0n) is 14.7. The van der Waals surface area contributed by atoms with Crippen molar-refractivity contribution in [2.75, 3.05) is 18.5 Å². The molecule has 0 radical (unpaired) electrons. The van der Waals surface area contributed by atoms with Crippen LogP contribution in [-0.4, -0.2) is 25.0 Å². The smallest absolute Gasteiger partial charge is 0.313 e. The molecular weight excluding hydrogens is 339 g/mol. The van der Waals surface area contributed by atoms with Gasteiger partial charge in [-0.1, -0.05) is 18.2 Å². The molecule has 0 aliphatic heterocycles. The van der Waals surface area contributed by atoms with E-state index >= 15 is 0 Å². The van der Waals surface area contributed by atoms with Crippen LogP contribution in [-0.2, 0) is 16.1 Å². The third-order valence-electron chi connectivity index (χ3n) is 3.40. The summed E-state index contributed by atoms with van der Waals surface area (Å²) in [6, 6.07) is 10.9. The minimum atomic E-state index is -0.861. The van der Waals surface area contributed by atoms with Gasteiger partial charge in [-0.05, 0) is 32.0 Å². The van der Waals surface area contributed by atoms with Gasteiger partial charge in [0, 0.05) is 23.9 Å². The number of carbonyl (C=O) groups excluding carboxylic acids is 2. The first-order chi connectivity index (χ1) is 12.5. The van der Waals surface area contributed by atoms with Crippen molar-refractivity contribution in [3.8, 4) is 11.5 Å². The number of halogens is 1. The summed E-state index contributed by atoms with van der Waals surface area (Å²) in [5.74, 6) is -1.13. The van der Waals surface area contributed by atoms with Crippen molar-refractivity contribution in [1.29, 1.82) is 0 Å². The summed E-state index contributed by atoms with van der Waals surface area (Å²) in [4.78, 5) is 23.9. The van der Waals surface area contributed by atoms with Crippen LogP contribution >= 0.6 is 0 Å². The summed E-state index contributed by atoms with van der Waals surface area (Å²) in [5, 5.41) is 4.86. The van der Waals surface area contributed by atoms with Crippen LogP contribution in [0.1, 0.15) is 19.4 Å². The summed E-state index contributed by atoms with van der Waals surface area (Å²) in [6.07, 6.45) is 0. The quantitative estimate of drug-likeness (QED) is 0.745. The van der Waals surface area contributed by atoms with Gasteiger partial charge in [0.2, 0.25) is 0 Å². The molecule has 0 heterocycles. The lowest BCUT2D eigenvalue weighted by Crippen LogP contribution is -2.35. The molecule has 2 amide bonds. The highest BCUT2D eigenvalue weighted by Gasteiger charge is 2.15. The van der Waals surface area contributed by atoms with Gasteiger partial charge in [0.05, 0.1) is 13.2 Å². The van der Waals surface area contributed by atoms with Crippen LogP contribution < -0.4 is 20.1 Å². The van der Waals surface area contributed by atoms with Gasteiger partial charge in [0.1, 0.15) is 5.82 Å². The van der Waals surface area contributed by atoms with E-state index in [0.717, 1.165) is 0 Å². The van der Waals surface area contributed by atoms with Crippen LogP contribution in [0.2, 0.25) is 0 Å². The van der Waals surface area contributed by atoms with Gasteiger partial charge < -0.3 is 20.1 Å². The number of anilines is 1. The van der Waals surface area contributed by atoms with Crippen LogP contribution in [0.3, 0.4) is 0 Å². The van der Waals surface area contributed by atoms with E-state index in [4.69, 9.17) is 9.47 Å². The maximum atomic E-state index is 13.5. The molecule has 0 unspecified atom stereocenters. The number of ether oxygens (including phenoxy) is 2. The molecule has 7 heteroatoms. The van der Waals surface area contributed by atoms with E-state index in [1.807, 2.05) is 13.8 Å². The summed E-state index contributed by atoms with van der Waals surface area (Å²) < 4.78 is 24.4. The molecule has 2 rings (SSSR count). The van der Waals surface area contributed by atoms with Crippen molar-refractivity contribution >= 4 is 17.5 Å². The van der Waals surface area contributed by atoms with Gasteiger partial charge in [-0.15, -0.1) is 0 Å². The fraction of sp³-hybridized carbons (Fsp3) is 0.263. The zero-order valence-corrected chi connectivity index (χ0v) is 14.7. The molecule has 26 heavy (non-hydrogen) atoms. The molecule has 0 aromatic heterocycles. The van der Waals surface area contributed by atoms with E-state index in [1.54, 1.807) is 30.3 Å². The average molecular weight is 360 g/mol. The summed E-state index contributed by atoms with van der Waals surface area (Å²) in [5.41, 5.74) is 0.691. The zero-order chi connectivity index (χ0) is 18.9. The Balaban J connectivity index is 1.98. The third-order valence-corrected chi connectivity index (χ3v) is 3.40. The second kappa shape index (κ2) is 9.41. The van der Waals surface area contributed by atoms with Crippen molar-refractivity contribution in [2.24, 2.45) is 0 Å². The van der Waals surface area contributed by atoms with E-state index in [-0.39, 0.29) is 6.54 Å². The lowest BCUT2D eigenvalue weighted by atomic mass is 10.2. The highest BCUT2D eigenvalue weighted by Crippen LogP contribution is 2.30. The summed E-state index contributed by atoms with van der Waals surface area (Å²) >= 11 is 0. The van der Waals surface area contributed by atoms with E-state index in [2.05, 4.69) is 10.6 Å². The van der Waals surface area contributed by atoms with Crippen LogP contribution in [0, 0.1) is 5.82 Å². The Morgan fingerprint density at radius 2 is 1.65 bits per heavy atom. The fourth-order valence-electron chi connectivity index (χ4n) is 2.21. The first kappa shape index (κ1) is 19.2. The van der Waals surface area contributed by atoms with Gasteiger partial charge in [0.25, 0.3) is 0 Å². The van der Waals surface area contributed by atoms with Crippen molar-refractivity contribution in [1.82, 2.24) is 5.32 Å². The molecule has 0 aliphatic rings. The van der Waals surface area contributed by atoms with Gasteiger partial charge in [0.15, 0.2) is 11.5 Å². The average Bonchev–Trinajstić information content (AvgIpc) is 2.63. The molecule has 0 fully saturated rings. The minimum absolute atomic E-state index is 0.0770. The Bertz CT molecular complexity index is 780. The number of carbonyl (C=O) groups is 2. The largest absolute Gasteiger partial charge is 0.490 e. The topological polar surface area (TPSA) is 76.7 Å². The second-order valence-corrected chi connectivity index (χ2v) is 5.26. The minimum Gasteiger partial charge on any atom is -0.490 e. The molecule has 0 saturated carbocycles. The summed E-state index contributed by atoms with van der Waals surface area (Å²) in [7, 11) is 0. The summed E-state index contributed by atoms with van der Waals surface area (Å²) in [6.45, 7) is 4.51. The van der Waals surface area contributed by atoms with Gasteiger partial charge in [-0.2, -0.15) is 0 Å². The number of amides is 2. The van der Waals surface area contributed by atoms with Crippen molar-refractivity contribution in [3.05, 3.63) is 53.8 Å². The van der Waals surface area contributed by atoms with E-state index in [0.29, 0.717) is 36.0 Å². The Kier molecular flexibility index (Phi) is 6.96. The molecule has 0 aliphatic carbocycles. The lowest BCUT2D eigenvalue weighted by Gasteiger charge is -2.13. The number of hydrogen-bond acceptors (Lipinski definition) is 4. The second-order valence-electron chi connectivity index (χ2n) is 5.26. The number of nitrogens with one attached hydrogen (secondary N) is 2. The van der Waals surface area contributed by atoms with Crippen LogP contribution in [0.15, 0.2) is 42.5 Å². The normalized spacial score (nSPS) is 10.1. The van der Waals surface area contributed by atoms with Crippen molar-refractivity contribution < 1.29 is 23.5 Å². The predicted octanol–water partition coefficient (Wildman–Crippen LogP) is 2.88. The molecule has 2 aromatic rings. The van der Waals surface area contributed by atoms with Crippen LogP contribution in [0.25, 0.3) is 0 Å². The molecule has 0 spiro atoms. The Labute approximate surface area is 151 Å². The molecule has 2 N–H and O–H groups in total. The fourth-order valence-corrected chi connectivity index (χ4v) is 2.21. The maximum Gasteiger partial charge on any atom is 0.313 e. The standard InChI is InChI=1S/C19H21FN2O4/c1-3-25-16-10-9-14(11-17(16)26-4-2)22-19(24)18(23)21-12-13-7-5-6-8-15(13)20/h5-11H,3-4,12H2,1-2H3,(H,21,23)(H,22,24). The number of hydrogen-bond donors (Lipinski definition) is 2. The molecule has 0 atom stereocenters. The third kappa shape index (κ3) is 5.20. The number of rotatable bonds is 7. The number of benzene rings is 2. The highest BCUT2D eigenvalue weighted by molar-refractivity contribution is 6.39. The monoisotopic (exact) mass is 360 g/mol. The molecule has 138 valence electrons. The molecule has 2 aromatic carbocycles. The molecule has 0 saturated heterocycles. The van der Waals surface area contributed by atoms with Crippen LogP contribution in [0.4, 0.5) is 10.1 Å². The van der Waals surface area contributed by atoms with Crippen LogP contribution in [0.5, 0.6) is 11.5 Å². The first-order valence-corrected chi connectivity index (χ1v) is 8.27. The van der Waals surface area contributed by atoms with Gasteiger partial charge in [-0.25, -0.2) is 4.39 Å². The molecule has 6 nitrogen and oxygen atoms in total. The van der Waals surface area contributed by atoms with Crippen molar-refractivity contribution in [2.45, 2.75) is 20.4 Å². The maximum absolute atomic E-state index is 13.5. The van der Waals surface area contributed by atoms with E-state index < -0.39 is 17.6 Å². The van der Waals surface area contributed by atoms with Crippen molar-refractivity contribution in [3.63, 3.8) is 0 Å². The Hall–Kier alpha value is -3.09. The van der Waals surface area contributed by atoms with E-state index in [9.17, 15) is 14.0 Å². The van der Waals surface area contributed by atoms with Gasteiger partial charge >= 0.3 is 11.8 Å². The highest BCUT2D eigenvalue weighted by atomic mass is 19.1. The SMILES string of the molecule is CCOc1ccc(NC(=O)C(=O)NCc2ccccc2F)cc1OCC. The molecular formula is C19H21FN2O4. The lowest BCUT2D eigenvalue weighted by molar-refractivity contribution is -0.136. The Morgan fingerprint density at radius 3 is 2.35 bits per heavy atom. The van der Waals surface area contributed by atoms with E-state index in [1.165, 1.54) is 12.1 Å².